The molecule has 1 spiro atoms. The zero-order chi connectivity index (χ0) is 67.5. The molecule has 2 aromatic rings. The third-order valence-electron chi connectivity index (χ3n) is 30.0. The second-order valence-electron chi connectivity index (χ2n) is 33.8. The van der Waals surface area contributed by atoms with Gasteiger partial charge in [-0.25, -0.2) is 9.97 Å². The van der Waals surface area contributed by atoms with Crippen molar-refractivity contribution in [3.8, 4) is 11.8 Å². The van der Waals surface area contributed by atoms with E-state index in [4.69, 9.17) is 20.2 Å². The van der Waals surface area contributed by atoms with Crippen LogP contribution in [0.1, 0.15) is 142 Å². The maximum Gasteiger partial charge on any atom is 0.310 e. The number of ether oxygens (including phenoxy) is 2. The standard InChI is InChI=1S/C73H105N9O14/c1-65(34-84)21-22-72(64(93)94)45(28-65)44-29-69-15-7-16-70(68(44,4)43-27-47-60(81-37-79-47)78-31-46(43)72)19-13-49-66(2,35-85)58(96-61-55(89)53(87)48(86)33-95-61)54(88)51(67(49,3)62(69)70)41-12-20-73(50-32-76-36-80-50,56-52(41)71(63(92)82-56)17-6-9-39(71)11-18-69)57(90)42(59(74)91)30-75-23-24-77-40-10-5-8-38(26-40)14-25-83/h12,20,25,29,32,36-43,45-46,48-49,51-59,61-62,75,77-78,84-91H,5-10,13-17,19,21-24,26-28,30-31,33-35,74H2,1-4H3,(H,76,80)(H,79,81)(H,82,92)(H,93,94). The Morgan fingerprint density at radius 1 is 0.927 bits per heavy atom. The Hall–Kier alpha value is -4.65. The molecule has 2 aromatic heterocycles. The number of aromatic amines is 2. The molecule has 0 aromatic carbocycles. The molecule has 2 saturated heterocycles. The summed E-state index contributed by atoms with van der Waals surface area (Å²) in [5.41, 5.74) is -0.261. The van der Waals surface area contributed by atoms with E-state index in [0.717, 1.165) is 56.1 Å². The summed E-state index contributed by atoms with van der Waals surface area (Å²) in [5, 5.41) is 125. The fraction of sp³-hybridized carbons (Fsp3) is 0.795. The van der Waals surface area contributed by atoms with E-state index in [1.807, 2.05) is 13.0 Å². The molecular formula is C73H105N9O14. The Morgan fingerprint density at radius 3 is 2.50 bits per heavy atom. The lowest BCUT2D eigenvalue weighted by molar-refractivity contribution is -0.353. The van der Waals surface area contributed by atoms with Crippen molar-refractivity contribution in [2.45, 2.75) is 203 Å². The average Bonchev–Trinajstić information content (AvgIpc) is 0.715. The number of nitrogens with zero attached hydrogens (tertiary/aromatic N) is 2. The topological polar surface area (TPSA) is 383 Å². The summed E-state index contributed by atoms with van der Waals surface area (Å²) in [5.74, 6) is 2.25. The van der Waals surface area contributed by atoms with Gasteiger partial charge in [0.2, 0.25) is 5.91 Å². The van der Waals surface area contributed by atoms with E-state index in [2.05, 4.69) is 81.0 Å². The van der Waals surface area contributed by atoms with Crippen LogP contribution in [0.5, 0.6) is 0 Å². The first kappa shape index (κ1) is 67.2. The Bertz CT molecular complexity index is 3430. The van der Waals surface area contributed by atoms with Crippen molar-refractivity contribution in [1.82, 2.24) is 35.9 Å². The number of anilines is 1. The van der Waals surface area contributed by atoms with Crippen LogP contribution in [-0.4, -0.2) is 191 Å². The normalized spacial score (nSPS) is 49.5. The summed E-state index contributed by atoms with van der Waals surface area (Å²) in [6, 6.07) is -0.683. The number of amides is 1. The molecule has 30 atom stereocenters. The molecule has 96 heavy (non-hydrogen) atoms. The van der Waals surface area contributed by atoms with Gasteiger partial charge in [0.1, 0.15) is 36.6 Å². The van der Waals surface area contributed by atoms with Gasteiger partial charge >= 0.3 is 5.97 Å². The smallest absolute Gasteiger partial charge is 0.310 e. The zero-order valence-corrected chi connectivity index (χ0v) is 56.2. The number of hydrogen-bond donors (Lipinski definition) is 16. The molecule has 1 amide bonds. The Kier molecular flexibility index (Phi) is 16.8. The van der Waals surface area contributed by atoms with Crippen LogP contribution in [0.3, 0.4) is 0 Å². The van der Waals surface area contributed by atoms with Gasteiger partial charge in [0, 0.05) is 86.2 Å². The highest BCUT2D eigenvalue weighted by Gasteiger charge is 2.83. The van der Waals surface area contributed by atoms with Gasteiger partial charge in [-0.15, -0.1) is 0 Å². The molecule has 23 nitrogen and oxygen atoms in total. The Morgan fingerprint density at radius 2 is 1.75 bits per heavy atom. The summed E-state index contributed by atoms with van der Waals surface area (Å²) in [7, 11) is 0. The number of nitrogens with one attached hydrogen (secondary N) is 6. The summed E-state index contributed by atoms with van der Waals surface area (Å²) < 4.78 is 13.1. The number of carboxylic acids is 1. The van der Waals surface area contributed by atoms with E-state index in [-0.39, 0.29) is 37.6 Å². The lowest BCUT2D eigenvalue weighted by Crippen LogP contribution is -2.78. The number of aliphatic hydroxyl groups excluding tert-OH is 8. The number of aliphatic hydroxyl groups is 8. The number of aromatic nitrogens is 4. The fourth-order valence-electron chi connectivity index (χ4n) is 26.0. The molecule has 9 fully saturated rings. The number of aliphatic carboxylic acids is 1. The number of carbonyl (C=O) groups is 3. The molecule has 13 aliphatic rings. The van der Waals surface area contributed by atoms with Crippen molar-refractivity contribution in [2.24, 2.45) is 114 Å². The molecule has 10 aliphatic carbocycles. The number of allylic oxidation sites excluding steroid dienone is 3. The highest BCUT2D eigenvalue weighted by molar-refractivity contribution is 5.88. The van der Waals surface area contributed by atoms with Crippen LogP contribution >= 0.6 is 0 Å². The molecule has 2 bridgehead atoms. The van der Waals surface area contributed by atoms with Crippen molar-refractivity contribution < 1.29 is 69.8 Å². The molecular weight excluding hydrogens is 1230 g/mol. The second kappa shape index (κ2) is 24.0. The van der Waals surface area contributed by atoms with Crippen LogP contribution in [0.2, 0.25) is 0 Å². The summed E-state index contributed by atoms with van der Waals surface area (Å²) in [6.07, 6.45) is 11.6. The van der Waals surface area contributed by atoms with E-state index in [1.165, 1.54) is 0 Å². The molecule has 3 aliphatic heterocycles. The van der Waals surface area contributed by atoms with E-state index in [9.17, 15) is 50.8 Å². The number of carbonyl (C=O) groups excluding carboxylic acids is 2. The number of imidazole rings is 2. The van der Waals surface area contributed by atoms with Gasteiger partial charge < -0.3 is 97.2 Å². The van der Waals surface area contributed by atoms with Crippen LogP contribution < -0.4 is 27.0 Å². The number of nitrogens with two attached hydrogens (primary N) is 1. The zero-order valence-electron chi connectivity index (χ0n) is 56.2. The van der Waals surface area contributed by atoms with Gasteiger partial charge in [0.05, 0.1) is 77.6 Å². The largest absolute Gasteiger partial charge is 0.481 e. The van der Waals surface area contributed by atoms with E-state index in [0.29, 0.717) is 108 Å². The number of hydrogen-bond acceptors (Lipinski definition) is 19. The molecule has 5 heterocycles. The van der Waals surface area contributed by atoms with Gasteiger partial charge in [-0.1, -0.05) is 82.6 Å². The minimum atomic E-state index is -1.74. The van der Waals surface area contributed by atoms with Gasteiger partial charge in [-0.3, -0.25) is 9.59 Å². The Balaban J connectivity index is 0.939. The van der Waals surface area contributed by atoms with Crippen molar-refractivity contribution >= 4 is 24.0 Å². The molecule has 7 saturated carbocycles. The van der Waals surface area contributed by atoms with Crippen molar-refractivity contribution in [2.75, 3.05) is 51.3 Å². The molecule has 23 heteroatoms. The minimum absolute atomic E-state index is 0.0880. The maximum absolute atomic E-state index is 16.4. The predicted octanol–water partition coefficient (Wildman–Crippen LogP) is 2.79. The predicted molar refractivity (Wildman–Crippen MR) is 350 cm³/mol. The van der Waals surface area contributed by atoms with Crippen LogP contribution in [0, 0.1) is 120 Å². The van der Waals surface area contributed by atoms with Gasteiger partial charge in [0.25, 0.3) is 0 Å². The molecule has 15 rings (SSSR count). The van der Waals surface area contributed by atoms with Crippen molar-refractivity contribution in [3.63, 3.8) is 0 Å². The fourth-order valence-corrected chi connectivity index (χ4v) is 26.0. The molecule has 0 radical (unpaired) electrons. The van der Waals surface area contributed by atoms with E-state index < -0.39 is 170 Å². The van der Waals surface area contributed by atoms with E-state index in [1.54, 1.807) is 18.9 Å². The number of fused-ring (bicyclic) bond motifs is 8. The van der Waals surface area contributed by atoms with Crippen LogP contribution in [0.25, 0.3) is 0 Å². The Labute approximate surface area is 562 Å². The summed E-state index contributed by atoms with van der Waals surface area (Å²) >= 11 is 0. The van der Waals surface area contributed by atoms with Crippen LogP contribution in [0.15, 0.2) is 42.7 Å². The second-order valence-corrected chi connectivity index (χ2v) is 33.8. The monoisotopic (exact) mass is 1330 g/mol. The first-order valence-corrected chi connectivity index (χ1v) is 36.4. The van der Waals surface area contributed by atoms with Gasteiger partial charge in [-0.05, 0) is 147 Å². The number of carboxylic acid groups (broad SMARTS) is 1. The number of rotatable bonds is 17. The minimum Gasteiger partial charge on any atom is -0.481 e. The third-order valence-corrected chi connectivity index (χ3v) is 30.0. The highest BCUT2D eigenvalue weighted by Crippen LogP contribution is 2.85. The quantitative estimate of drug-likeness (QED) is 0.0270. The third kappa shape index (κ3) is 9.13. The lowest BCUT2D eigenvalue weighted by atomic mass is 9.23. The van der Waals surface area contributed by atoms with Crippen LogP contribution in [-0.2, 0) is 35.7 Å². The number of H-pyrrole nitrogens is 2. The van der Waals surface area contributed by atoms with Crippen molar-refractivity contribution in [1.29, 1.82) is 0 Å². The average molecular weight is 1330 g/mol. The molecule has 30 unspecified atom stereocenters. The molecule has 526 valence electrons. The number of aldehydes is 1. The maximum atomic E-state index is 16.4. The molecule has 17 N–H and O–H groups in total. The first-order valence-electron chi connectivity index (χ1n) is 36.4. The highest BCUT2D eigenvalue weighted by atomic mass is 16.7. The SMILES string of the molecule is CC1(CO)CCC2(C(=O)O)C(C1)C1=CC34C#CC5CCCC56C(=O)NC5C6C(C=CC5(c5cnc[nH]5)C(O)C(CNCCNC5CCCC(CC=O)C5)C(N)O)C5C(O)C(OC6OCC(O)C(O)C6O)C(C)(CO)C6CCC(CCC3)(C4C56C)C1(C)C1Cc3[nH]cnc3NCC12. The van der Waals surface area contributed by atoms with E-state index >= 15 is 9.59 Å². The summed E-state index contributed by atoms with van der Waals surface area (Å²) in [6.45, 7) is 9.37. The summed E-state index contributed by atoms with van der Waals surface area (Å²) in [4.78, 5) is 59.1. The van der Waals surface area contributed by atoms with Gasteiger partial charge in [0.15, 0.2) is 6.29 Å². The van der Waals surface area contributed by atoms with Gasteiger partial charge in [-0.2, -0.15) is 0 Å². The van der Waals surface area contributed by atoms with Crippen molar-refractivity contribution in [3.05, 3.63) is 54.0 Å². The lowest BCUT2D eigenvalue weighted by Gasteiger charge is -2.80. The van der Waals surface area contributed by atoms with Crippen LogP contribution in [0.4, 0.5) is 5.82 Å². The first-order chi connectivity index (χ1) is 45.9.